The van der Waals surface area contributed by atoms with E-state index in [0.29, 0.717) is 11.1 Å². The number of carbonyl (C=O) groups is 2. The van der Waals surface area contributed by atoms with Crippen LogP contribution in [0.5, 0.6) is 5.75 Å². The van der Waals surface area contributed by atoms with Crippen LogP contribution in [-0.4, -0.2) is 45.4 Å². The van der Waals surface area contributed by atoms with Crippen molar-refractivity contribution >= 4 is 28.7 Å². The minimum Gasteiger partial charge on any atom is -0.490 e. The van der Waals surface area contributed by atoms with E-state index in [0.717, 1.165) is 0 Å². The number of carboxylic acids is 1. The molecule has 0 aliphatic carbocycles. The van der Waals surface area contributed by atoms with Gasteiger partial charge < -0.3 is 24.5 Å². The number of fused-ring (bicyclic) bond motifs is 1. The molecule has 0 aliphatic heterocycles. The zero-order chi connectivity index (χ0) is 21.2. The summed E-state index contributed by atoms with van der Waals surface area (Å²) in [6.07, 6.45) is 0.552. The Hall–Kier alpha value is -3.30. The summed E-state index contributed by atoms with van der Waals surface area (Å²) in [6, 6.07) is 1.81. The third kappa shape index (κ3) is 4.51. The van der Waals surface area contributed by atoms with Gasteiger partial charge in [-0.3, -0.25) is 10.1 Å². The number of methoxy groups -OCH3 is 1. The van der Waals surface area contributed by atoms with Crippen LogP contribution in [0.25, 0.3) is 10.9 Å². The topological polar surface area (TPSA) is 133 Å². The van der Waals surface area contributed by atoms with Crippen molar-refractivity contribution in [1.29, 1.82) is 0 Å². The van der Waals surface area contributed by atoms with E-state index in [1.54, 1.807) is 44.6 Å². The van der Waals surface area contributed by atoms with E-state index in [-0.39, 0.29) is 23.2 Å². The number of carbonyl (C=O) groups excluding carboxylic acids is 1. The maximum absolute atomic E-state index is 12.0. The number of nitrogens with one attached hydrogen (secondary N) is 1. The van der Waals surface area contributed by atoms with E-state index < -0.39 is 28.6 Å². The fourth-order valence-corrected chi connectivity index (χ4v) is 2.91. The maximum Gasteiger partial charge on any atom is 0.408 e. The van der Waals surface area contributed by atoms with Gasteiger partial charge in [-0.2, -0.15) is 0 Å². The highest BCUT2D eigenvalue weighted by Gasteiger charge is 2.29. The van der Waals surface area contributed by atoms with E-state index in [2.05, 4.69) is 5.32 Å². The molecule has 2 aromatic rings. The van der Waals surface area contributed by atoms with E-state index in [9.17, 15) is 24.8 Å². The first-order valence-electron chi connectivity index (χ1n) is 8.46. The number of ether oxygens (including phenoxy) is 2. The third-order valence-electron chi connectivity index (χ3n) is 3.99. The minimum atomic E-state index is -1.33. The van der Waals surface area contributed by atoms with Crippen LogP contribution in [0.3, 0.4) is 0 Å². The number of nitro groups is 1. The number of carboxylic acid groups (broad SMARTS) is 1. The highest BCUT2D eigenvalue weighted by molar-refractivity contribution is 5.95. The average molecular weight is 393 g/mol. The summed E-state index contributed by atoms with van der Waals surface area (Å²) in [4.78, 5) is 34.7. The van der Waals surface area contributed by atoms with E-state index in [4.69, 9.17) is 9.47 Å². The molecule has 2 N–H and O–H groups in total. The van der Waals surface area contributed by atoms with Gasteiger partial charge in [0.25, 0.3) is 0 Å². The summed E-state index contributed by atoms with van der Waals surface area (Å²) in [5.41, 5.74) is -0.105. The zero-order valence-electron chi connectivity index (χ0n) is 16.3. The first kappa shape index (κ1) is 21.0. The van der Waals surface area contributed by atoms with Crippen molar-refractivity contribution in [3.63, 3.8) is 0 Å². The quantitative estimate of drug-likeness (QED) is 0.569. The number of aryl methyl sites for hydroxylation is 1. The van der Waals surface area contributed by atoms with Crippen molar-refractivity contribution in [2.75, 3.05) is 7.11 Å². The fourth-order valence-electron chi connectivity index (χ4n) is 2.91. The van der Waals surface area contributed by atoms with Crippen LogP contribution < -0.4 is 10.1 Å². The first-order valence-corrected chi connectivity index (χ1v) is 8.46. The predicted octanol–water partition coefficient (Wildman–Crippen LogP) is 2.62. The Morgan fingerprint density at radius 3 is 2.50 bits per heavy atom. The molecule has 0 bridgehead atoms. The number of nitro benzene ring substituents is 1. The summed E-state index contributed by atoms with van der Waals surface area (Å²) in [5.74, 6) is -1.22. The van der Waals surface area contributed by atoms with Crippen molar-refractivity contribution in [3.8, 4) is 5.75 Å². The van der Waals surface area contributed by atoms with Crippen molar-refractivity contribution in [3.05, 3.63) is 34.0 Å². The van der Waals surface area contributed by atoms with Crippen LogP contribution in [0.1, 0.15) is 26.3 Å². The lowest BCUT2D eigenvalue weighted by atomic mass is 10.0. The molecule has 1 unspecified atom stereocenters. The smallest absolute Gasteiger partial charge is 0.408 e. The lowest BCUT2D eigenvalue weighted by molar-refractivity contribution is -0.384. The molecule has 2 rings (SSSR count). The summed E-state index contributed by atoms with van der Waals surface area (Å²) in [7, 11) is 3.01. The van der Waals surface area contributed by atoms with Gasteiger partial charge in [0, 0.05) is 19.7 Å². The van der Waals surface area contributed by atoms with Gasteiger partial charge in [0.05, 0.1) is 22.9 Å². The molecule has 0 aliphatic rings. The van der Waals surface area contributed by atoms with E-state index in [1.807, 2.05) is 0 Å². The van der Waals surface area contributed by atoms with Crippen molar-refractivity contribution in [2.24, 2.45) is 7.05 Å². The highest BCUT2D eigenvalue weighted by atomic mass is 16.6. The van der Waals surface area contributed by atoms with Crippen LogP contribution >= 0.6 is 0 Å². The van der Waals surface area contributed by atoms with Crippen LogP contribution in [0.15, 0.2) is 18.3 Å². The Bertz CT molecular complexity index is 927. The Morgan fingerprint density at radius 2 is 2.00 bits per heavy atom. The zero-order valence-corrected chi connectivity index (χ0v) is 16.3. The monoisotopic (exact) mass is 393 g/mol. The lowest BCUT2D eigenvalue weighted by Gasteiger charge is -2.22. The number of hydrogen-bond acceptors (Lipinski definition) is 6. The fraction of sp³-hybridized carbons (Fsp3) is 0.444. The summed E-state index contributed by atoms with van der Waals surface area (Å²) < 4.78 is 11.9. The van der Waals surface area contributed by atoms with Crippen LogP contribution in [0.4, 0.5) is 10.5 Å². The summed E-state index contributed by atoms with van der Waals surface area (Å²) in [6.45, 7) is 4.97. The molecule has 0 saturated carbocycles. The minimum absolute atomic E-state index is 0.0666. The Morgan fingerprint density at radius 1 is 1.36 bits per heavy atom. The number of rotatable bonds is 6. The molecule has 0 radical (unpaired) electrons. The molecule has 1 amide bonds. The normalized spacial score (nSPS) is 12.5. The standard InChI is InChI=1S/C18H23N3O7/c1-18(2,3)28-17(24)19-11(16(22)23)8-10-9-20(4)12-6-7-13(27-5)15(14(10)12)21(25)26/h6-7,9,11H,8H2,1-5H3,(H,19,24)(H,22,23). The van der Waals surface area contributed by atoms with Gasteiger partial charge in [-0.15, -0.1) is 0 Å². The van der Waals surface area contributed by atoms with E-state index >= 15 is 0 Å². The summed E-state index contributed by atoms with van der Waals surface area (Å²) in [5, 5.41) is 23.7. The molecule has 1 atom stereocenters. The lowest BCUT2D eigenvalue weighted by Crippen LogP contribution is -2.44. The van der Waals surface area contributed by atoms with Gasteiger partial charge in [0.1, 0.15) is 11.6 Å². The summed E-state index contributed by atoms with van der Waals surface area (Å²) >= 11 is 0. The molecule has 1 aromatic heterocycles. The van der Waals surface area contributed by atoms with Crippen LogP contribution in [0, 0.1) is 10.1 Å². The number of nitrogens with zero attached hydrogens (tertiary/aromatic N) is 2. The number of amides is 1. The second kappa shape index (κ2) is 7.75. The second-order valence-electron chi connectivity index (χ2n) is 7.27. The Kier molecular flexibility index (Phi) is 5.81. The number of aliphatic carboxylic acids is 1. The molecule has 10 nitrogen and oxygen atoms in total. The van der Waals surface area contributed by atoms with Crippen molar-refractivity contribution < 1.29 is 29.1 Å². The van der Waals surface area contributed by atoms with E-state index in [1.165, 1.54) is 13.2 Å². The average Bonchev–Trinajstić information content (AvgIpc) is 2.87. The largest absolute Gasteiger partial charge is 0.490 e. The second-order valence-corrected chi connectivity index (χ2v) is 7.27. The Labute approximate surface area is 161 Å². The first-order chi connectivity index (χ1) is 12.9. The molecule has 1 aromatic carbocycles. The molecule has 1 heterocycles. The maximum atomic E-state index is 12.0. The number of alkyl carbamates (subject to hydrolysis) is 1. The number of benzene rings is 1. The Balaban J connectivity index is 2.47. The van der Waals surface area contributed by atoms with Crippen LogP contribution in [-0.2, 0) is 23.0 Å². The van der Waals surface area contributed by atoms with Gasteiger partial charge >= 0.3 is 17.7 Å². The van der Waals surface area contributed by atoms with Crippen LogP contribution in [0.2, 0.25) is 0 Å². The third-order valence-corrected chi connectivity index (χ3v) is 3.99. The van der Waals surface area contributed by atoms with Crippen molar-refractivity contribution in [1.82, 2.24) is 9.88 Å². The van der Waals surface area contributed by atoms with Gasteiger partial charge in [0.15, 0.2) is 5.75 Å². The molecule has 0 fully saturated rings. The van der Waals surface area contributed by atoms with Gasteiger partial charge in [0.2, 0.25) is 0 Å². The predicted molar refractivity (Wildman–Crippen MR) is 101 cm³/mol. The molecule has 28 heavy (non-hydrogen) atoms. The highest BCUT2D eigenvalue weighted by Crippen LogP contribution is 2.38. The molecule has 0 spiro atoms. The molecular formula is C18H23N3O7. The van der Waals surface area contributed by atoms with Gasteiger partial charge in [-0.25, -0.2) is 9.59 Å². The SMILES string of the molecule is COc1ccc2c(c(CC(NC(=O)OC(C)(C)C)C(=O)O)cn2C)c1[N+](=O)[O-]. The number of hydrogen-bond donors (Lipinski definition) is 2. The molecule has 152 valence electrons. The van der Waals surface area contributed by atoms with Crippen molar-refractivity contribution in [2.45, 2.75) is 38.8 Å². The molecule has 0 saturated heterocycles. The van der Waals surface area contributed by atoms with Gasteiger partial charge in [-0.05, 0) is 38.5 Å². The molecule has 10 heteroatoms. The molecular weight excluding hydrogens is 370 g/mol. The number of aromatic nitrogens is 1. The van der Waals surface area contributed by atoms with Gasteiger partial charge in [-0.1, -0.05) is 0 Å².